The van der Waals surface area contributed by atoms with Crippen LogP contribution in [0.2, 0.25) is 0 Å². The minimum atomic E-state index is 0.00644. The summed E-state index contributed by atoms with van der Waals surface area (Å²) in [5, 5.41) is 6.96. The summed E-state index contributed by atoms with van der Waals surface area (Å²) in [6.45, 7) is 3.35. The quantitative estimate of drug-likeness (QED) is 0.851. The first-order valence-corrected chi connectivity index (χ1v) is 7.18. The van der Waals surface area contributed by atoms with E-state index in [1.54, 1.807) is 17.1 Å². The van der Waals surface area contributed by atoms with E-state index in [4.69, 9.17) is 5.73 Å². The van der Waals surface area contributed by atoms with Crippen molar-refractivity contribution in [3.05, 3.63) is 12.4 Å². The largest absolute Gasteiger partial charge is 0.396 e. The maximum absolute atomic E-state index is 11.7. The smallest absolute Gasteiger partial charge is 0.241 e. The SMILES string of the molecule is CC1CCCC(CCNC(=O)Cn2cc(N)cn2)C1. The molecule has 106 valence electrons. The molecule has 1 saturated carbocycles. The summed E-state index contributed by atoms with van der Waals surface area (Å²) in [7, 11) is 0. The molecule has 2 unspecified atom stereocenters. The van der Waals surface area contributed by atoms with Crippen molar-refractivity contribution in [2.45, 2.75) is 45.6 Å². The lowest BCUT2D eigenvalue weighted by molar-refractivity contribution is -0.121. The van der Waals surface area contributed by atoms with Gasteiger partial charge in [-0.15, -0.1) is 0 Å². The lowest BCUT2D eigenvalue weighted by Gasteiger charge is -2.26. The van der Waals surface area contributed by atoms with Crippen LogP contribution in [0.4, 0.5) is 5.69 Å². The Labute approximate surface area is 114 Å². The molecule has 0 saturated heterocycles. The van der Waals surface area contributed by atoms with E-state index >= 15 is 0 Å². The second kappa shape index (κ2) is 6.59. The average Bonchev–Trinajstić information content (AvgIpc) is 2.75. The zero-order chi connectivity index (χ0) is 13.7. The van der Waals surface area contributed by atoms with Crippen molar-refractivity contribution in [2.75, 3.05) is 12.3 Å². The number of nitrogens with one attached hydrogen (secondary N) is 1. The van der Waals surface area contributed by atoms with Gasteiger partial charge in [-0.1, -0.05) is 26.2 Å². The third kappa shape index (κ3) is 4.58. The van der Waals surface area contributed by atoms with Gasteiger partial charge in [0.1, 0.15) is 6.54 Å². The Morgan fingerprint density at radius 2 is 2.42 bits per heavy atom. The Bertz CT molecular complexity index is 415. The van der Waals surface area contributed by atoms with Gasteiger partial charge in [0.05, 0.1) is 11.9 Å². The third-order valence-electron chi connectivity index (χ3n) is 3.88. The summed E-state index contributed by atoms with van der Waals surface area (Å²) < 4.78 is 1.56. The van der Waals surface area contributed by atoms with Gasteiger partial charge in [-0.05, 0) is 24.7 Å². The number of hydrogen-bond acceptors (Lipinski definition) is 3. The van der Waals surface area contributed by atoms with Crippen LogP contribution in [0.1, 0.15) is 39.0 Å². The van der Waals surface area contributed by atoms with Crippen molar-refractivity contribution < 1.29 is 4.79 Å². The molecule has 0 spiro atoms. The first-order valence-electron chi connectivity index (χ1n) is 7.18. The molecule has 1 heterocycles. The van der Waals surface area contributed by atoms with Crippen LogP contribution in [0, 0.1) is 11.8 Å². The molecule has 5 nitrogen and oxygen atoms in total. The lowest BCUT2D eigenvalue weighted by atomic mass is 9.81. The van der Waals surface area contributed by atoms with Crippen LogP contribution in [-0.2, 0) is 11.3 Å². The summed E-state index contributed by atoms with van der Waals surface area (Å²) in [4.78, 5) is 11.7. The summed E-state index contributed by atoms with van der Waals surface area (Å²) in [5.74, 6) is 1.64. The summed E-state index contributed by atoms with van der Waals surface area (Å²) in [5.41, 5.74) is 6.14. The van der Waals surface area contributed by atoms with Gasteiger partial charge >= 0.3 is 0 Å². The normalized spacial score (nSPS) is 23.2. The van der Waals surface area contributed by atoms with E-state index in [1.165, 1.54) is 25.7 Å². The van der Waals surface area contributed by atoms with Crippen LogP contribution in [0.15, 0.2) is 12.4 Å². The van der Waals surface area contributed by atoms with Crippen LogP contribution in [0.3, 0.4) is 0 Å². The molecule has 2 rings (SSSR count). The molecule has 0 aliphatic heterocycles. The van der Waals surface area contributed by atoms with Gasteiger partial charge in [-0.2, -0.15) is 5.10 Å². The Morgan fingerprint density at radius 1 is 1.58 bits per heavy atom. The Kier molecular flexibility index (Phi) is 4.82. The number of anilines is 1. The second-order valence-corrected chi connectivity index (χ2v) is 5.75. The fourth-order valence-corrected chi connectivity index (χ4v) is 2.91. The van der Waals surface area contributed by atoms with Gasteiger partial charge in [0.25, 0.3) is 0 Å². The standard InChI is InChI=1S/C14H24N4O/c1-11-3-2-4-12(7-11)5-6-16-14(19)10-18-9-13(15)8-17-18/h8-9,11-12H,2-7,10,15H2,1H3,(H,16,19). The second-order valence-electron chi connectivity index (χ2n) is 5.75. The van der Waals surface area contributed by atoms with E-state index in [0.29, 0.717) is 5.69 Å². The molecule has 3 N–H and O–H groups in total. The molecule has 19 heavy (non-hydrogen) atoms. The minimum absolute atomic E-state index is 0.00644. The van der Waals surface area contributed by atoms with Crippen LogP contribution in [-0.4, -0.2) is 22.2 Å². The number of nitrogens with zero attached hydrogens (tertiary/aromatic N) is 2. The average molecular weight is 264 g/mol. The summed E-state index contributed by atoms with van der Waals surface area (Å²) >= 11 is 0. The zero-order valence-electron chi connectivity index (χ0n) is 11.6. The Balaban J connectivity index is 1.63. The monoisotopic (exact) mass is 264 g/mol. The number of nitrogens with two attached hydrogens (primary N) is 1. The van der Waals surface area contributed by atoms with Gasteiger partial charge in [0, 0.05) is 12.7 Å². The molecule has 1 amide bonds. The molecule has 2 atom stereocenters. The van der Waals surface area contributed by atoms with Crippen molar-refractivity contribution in [2.24, 2.45) is 11.8 Å². The summed E-state index contributed by atoms with van der Waals surface area (Å²) in [6, 6.07) is 0. The Hall–Kier alpha value is -1.52. The fraction of sp³-hybridized carbons (Fsp3) is 0.714. The van der Waals surface area contributed by atoms with Crippen molar-refractivity contribution in [1.82, 2.24) is 15.1 Å². The van der Waals surface area contributed by atoms with Crippen LogP contribution >= 0.6 is 0 Å². The first kappa shape index (κ1) is 13.9. The molecule has 0 aromatic carbocycles. The van der Waals surface area contributed by atoms with Gasteiger partial charge in [-0.3, -0.25) is 9.48 Å². The number of aromatic nitrogens is 2. The number of hydrogen-bond donors (Lipinski definition) is 2. The maximum Gasteiger partial charge on any atom is 0.241 e. The van der Waals surface area contributed by atoms with E-state index in [-0.39, 0.29) is 12.5 Å². The van der Waals surface area contributed by atoms with Crippen molar-refractivity contribution in [3.8, 4) is 0 Å². The zero-order valence-corrected chi connectivity index (χ0v) is 11.6. The Morgan fingerprint density at radius 3 is 3.11 bits per heavy atom. The molecule has 5 heteroatoms. The van der Waals surface area contributed by atoms with Crippen molar-refractivity contribution >= 4 is 11.6 Å². The van der Waals surface area contributed by atoms with Crippen molar-refractivity contribution in [1.29, 1.82) is 0 Å². The first-order chi connectivity index (χ1) is 9.13. The number of carbonyl (C=O) groups excluding carboxylic acids is 1. The van der Waals surface area contributed by atoms with Crippen molar-refractivity contribution in [3.63, 3.8) is 0 Å². The van der Waals surface area contributed by atoms with E-state index in [0.717, 1.165) is 24.8 Å². The van der Waals surface area contributed by atoms with Crippen LogP contribution < -0.4 is 11.1 Å². The molecular formula is C14H24N4O. The van der Waals surface area contributed by atoms with E-state index < -0.39 is 0 Å². The number of nitrogen functional groups attached to an aromatic ring is 1. The molecule has 0 bridgehead atoms. The van der Waals surface area contributed by atoms with E-state index in [1.807, 2.05) is 0 Å². The summed E-state index contributed by atoms with van der Waals surface area (Å²) in [6.07, 6.45) is 9.65. The van der Waals surface area contributed by atoms with E-state index in [9.17, 15) is 4.79 Å². The predicted octanol–water partition coefficient (Wildman–Crippen LogP) is 1.80. The fourth-order valence-electron chi connectivity index (χ4n) is 2.91. The van der Waals surface area contributed by atoms with E-state index in [2.05, 4.69) is 17.3 Å². The molecule has 1 aromatic heterocycles. The minimum Gasteiger partial charge on any atom is -0.396 e. The number of amides is 1. The van der Waals surface area contributed by atoms with Gasteiger partial charge in [-0.25, -0.2) is 0 Å². The van der Waals surface area contributed by atoms with Crippen LogP contribution in [0.25, 0.3) is 0 Å². The topological polar surface area (TPSA) is 72.9 Å². The highest BCUT2D eigenvalue weighted by molar-refractivity contribution is 5.75. The molecule has 0 radical (unpaired) electrons. The highest BCUT2D eigenvalue weighted by atomic mass is 16.2. The third-order valence-corrected chi connectivity index (χ3v) is 3.88. The van der Waals surface area contributed by atoms with Gasteiger partial charge in [0.2, 0.25) is 5.91 Å². The molecule has 1 aliphatic rings. The molecule has 1 aliphatic carbocycles. The highest BCUT2D eigenvalue weighted by Crippen LogP contribution is 2.30. The van der Waals surface area contributed by atoms with Gasteiger partial charge < -0.3 is 11.1 Å². The van der Waals surface area contributed by atoms with Crippen LogP contribution in [0.5, 0.6) is 0 Å². The molecular weight excluding hydrogens is 240 g/mol. The molecule has 1 fully saturated rings. The maximum atomic E-state index is 11.7. The number of rotatable bonds is 5. The number of carbonyl (C=O) groups is 1. The lowest BCUT2D eigenvalue weighted by Crippen LogP contribution is -2.30. The van der Waals surface area contributed by atoms with Gasteiger partial charge in [0.15, 0.2) is 0 Å². The highest BCUT2D eigenvalue weighted by Gasteiger charge is 2.18. The molecule has 1 aromatic rings. The predicted molar refractivity (Wildman–Crippen MR) is 75.4 cm³/mol.